The fourth-order valence-corrected chi connectivity index (χ4v) is 2.20. The molecule has 22 heavy (non-hydrogen) atoms. The first-order valence-electron chi connectivity index (χ1n) is 7.08. The fourth-order valence-electron chi connectivity index (χ4n) is 2.08. The second-order valence-corrected chi connectivity index (χ2v) is 5.53. The Kier molecular flexibility index (Phi) is 5.95. The maximum atomic E-state index is 11.8. The number of halogens is 1. The Labute approximate surface area is 134 Å². The predicted octanol–water partition coefficient (Wildman–Crippen LogP) is 2.19. The Morgan fingerprint density at radius 3 is 2.27 bits per heavy atom. The average Bonchev–Trinajstić information content (AvgIpc) is 2.50. The highest BCUT2D eigenvalue weighted by Gasteiger charge is 2.04. The van der Waals surface area contributed by atoms with Crippen molar-refractivity contribution in [1.29, 1.82) is 0 Å². The summed E-state index contributed by atoms with van der Waals surface area (Å²) in [6.45, 7) is 0.566. The van der Waals surface area contributed by atoms with Crippen LogP contribution in [0.5, 0.6) is 0 Å². The van der Waals surface area contributed by atoms with Gasteiger partial charge in [0.1, 0.15) is 6.23 Å². The Balaban J connectivity index is 1.75. The van der Waals surface area contributed by atoms with Gasteiger partial charge in [0.25, 0.3) is 0 Å². The van der Waals surface area contributed by atoms with Gasteiger partial charge in [0.05, 0.1) is 6.42 Å². The molecular weight excluding hydrogens is 300 g/mol. The van der Waals surface area contributed by atoms with Crippen molar-refractivity contribution in [2.24, 2.45) is 5.73 Å². The zero-order chi connectivity index (χ0) is 15.9. The lowest BCUT2D eigenvalue weighted by Crippen LogP contribution is -2.27. The summed E-state index contributed by atoms with van der Waals surface area (Å²) in [7, 11) is 0. The molecule has 1 amide bonds. The highest BCUT2D eigenvalue weighted by atomic mass is 35.5. The topological polar surface area (TPSA) is 75.3 Å². The van der Waals surface area contributed by atoms with Crippen molar-refractivity contribution in [2.45, 2.75) is 19.1 Å². The maximum Gasteiger partial charge on any atom is 0.224 e. The minimum atomic E-state index is -0.951. The third-order valence-corrected chi connectivity index (χ3v) is 3.59. The van der Waals surface area contributed by atoms with Crippen LogP contribution in [0.15, 0.2) is 48.5 Å². The second kappa shape index (κ2) is 7.94. The monoisotopic (exact) mass is 318 g/mol. The number of hydrogen-bond donors (Lipinski definition) is 3. The molecule has 2 rings (SSSR count). The molecule has 0 aromatic heterocycles. The van der Waals surface area contributed by atoms with Crippen LogP contribution < -0.4 is 11.1 Å². The van der Waals surface area contributed by atoms with Gasteiger partial charge in [-0.05, 0) is 35.2 Å². The average molecular weight is 319 g/mol. The summed E-state index contributed by atoms with van der Waals surface area (Å²) in [6, 6.07) is 14.6. The molecule has 0 aliphatic rings. The molecule has 0 saturated carbocycles. The van der Waals surface area contributed by atoms with Crippen molar-refractivity contribution >= 4 is 17.5 Å². The molecule has 2 aromatic rings. The first kappa shape index (κ1) is 16.5. The number of nitrogens with one attached hydrogen (secondary N) is 1. The molecule has 2 aromatic carbocycles. The number of aliphatic hydroxyl groups is 1. The van der Waals surface area contributed by atoms with Gasteiger partial charge in [-0.2, -0.15) is 0 Å². The SMILES string of the molecule is NC(O)c1ccc(CCNC(=O)Cc2ccc(Cl)cc2)cc1. The van der Waals surface area contributed by atoms with Gasteiger partial charge >= 0.3 is 0 Å². The van der Waals surface area contributed by atoms with E-state index in [1.807, 2.05) is 24.3 Å². The first-order chi connectivity index (χ1) is 10.5. The first-order valence-corrected chi connectivity index (χ1v) is 7.46. The Hall–Kier alpha value is -1.88. The number of benzene rings is 2. The van der Waals surface area contributed by atoms with Crippen LogP contribution >= 0.6 is 11.6 Å². The minimum Gasteiger partial charge on any atom is -0.375 e. The number of carbonyl (C=O) groups excluding carboxylic acids is 1. The molecule has 1 unspecified atom stereocenters. The Morgan fingerprint density at radius 1 is 1.09 bits per heavy atom. The summed E-state index contributed by atoms with van der Waals surface area (Å²) in [5, 5.41) is 12.8. The lowest BCUT2D eigenvalue weighted by Gasteiger charge is -2.08. The van der Waals surface area contributed by atoms with E-state index in [0.29, 0.717) is 23.6 Å². The van der Waals surface area contributed by atoms with Crippen LogP contribution in [0.3, 0.4) is 0 Å². The van der Waals surface area contributed by atoms with Crippen LogP contribution in [0, 0.1) is 0 Å². The van der Waals surface area contributed by atoms with Crippen molar-refractivity contribution in [1.82, 2.24) is 5.32 Å². The third-order valence-electron chi connectivity index (χ3n) is 3.34. The number of hydrogen-bond acceptors (Lipinski definition) is 3. The van der Waals surface area contributed by atoms with Gasteiger partial charge in [0.2, 0.25) is 5.91 Å². The quantitative estimate of drug-likeness (QED) is 0.715. The predicted molar refractivity (Wildman–Crippen MR) is 87.5 cm³/mol. The van der Waals surface area contributed by atoms with Gasteiger partial charge in [-0.15, -0.1) is 0 Å². The Bertz CT molecular complexity index is 610. The standard InChI is InChI=1S/C17H19ClN2O2/c18-15-7-3-13(4-8-15)11-16(21)20-10-9-12-1-5-14(6-2-12)17(19)22/h1-8,17,22H,9-11,19H2,(H,20,21). The van der Waals surface area contributed by atoms with E-state index in [9.17, 15) is 9.90 Å². The molecule has 1 atom stereocenters. The smallest absolute Gasteiger partial charge is 0.224 e. The Morgan fingerprint density at radius 2 is 1.68 bits per heavy atom. The van der Waals surface area contributed by atoms with E-state index >= 15 is 0 Å². The molecule has 5 heteroatoms. The fraction of sp³-hybridized carbons (Fsp3) is 0.235. The molecule has 4 nitrogen and oxygen atoms in total. The minimum absolute atomic E-state index is 0.0173. The lowest BCUT2D eigenvalue weighted by atomic mass is 10.1. The van der Waals surface area contributed by atoms with E-state index < -0.39 is 6.23 Å². The highest BCUT2D eigenvalue weighted by molar-refractivity contribution is 6.30. The normalized spacial score (nSPS) is 12.0. The van der Waals surface area contributed by atoms with Gasteiger partial charge < -0.3 is 16.2 Å². The number of aliphatic hydroxyl groups excluding tert-OH is 1. The van der Waals surface area contributed by atoms with E-state index in [1.165, 1.54) is 0 Å². The molecule has 0 bridgehead atoms. The summed E-state index contributed by atoms with van der Waals surface area (Å²) in [5.41, 5.74) is 8.07. The number of carbonyl (C=O) groups is 1. The van der Waals surface area contributed by atoms with Crippen LogP contribution in [0.4, 0.5) is 0 Å². The van der Waals surface area contributed by atoms with Crippen molar-refractivity contribution in [3.63, 3.8) is 0 Å². The van der Waals surface area contributed by atoms with E-state index in [1.54, 1.807) is 24.3 Å². The van der Waals surface area contributed by atoms with E-state index in [0.717, 1.165) is 17.5 Å². The van der Waals surface area contributed by atoms with Crippen molar-refractivity contribution in [3.05, 3.63) is 70.2 Å². The maximum absolute atomic E-state index is 11.8. The van der Waals surface area contributed by atoms with E-state index in [4.69, 9.17) is 17.3 Å². The largest absolute Gasteiger partial charge is 0.375 e. The van der Waals surface area contributed by atoms with Gasteiger partial charge in [-0.1, -0.05) is 48.0 Å². The summed E-state index contributed by atoms with van der Waals surface area (Å²) < 4.78 is 0. The van der Waals surface area contributed by atoms with Gasteiger partial charge in [0, 0.05) is 11.6 Å². The van der Waals surface area contributed by atoms with Crippen LogP contribution in [-0.2, 0) is 17.6 Å². The number of nitrogens with two attached hydrogens (primary N) is 1. The van der Waals surface area contributed by atoms with Crippen LogP contribution in [0.25, 0.3) is 0 Å². The van der Waals surface area contributed by atoms with Crippen molar-refractivity contribution in [3.8, 4) is 0 Å². The van der Waals surface area contributed by atoms with E-state index in [-0.39, 0.29) is 5.91 Å². The molecule has 0 heterocycles. The zero-order valence-electron chi connectivity index (χ0n) is 12.1. The van der Waals surface area contributed by atoms with E-state index in [2.05, 4.69) is 5.32 Å². The summed E-state index contributed by atoms with van der Waals surface area (Å²) >= 11 is 5.81. The van der Waals surface area contributed by atoms with Gasteiger partial charge in [-0.3, -0.25) is 4.79 Å². The molecular formula is C17H19ClN2O2. The third kappa shape index (κ3) is 5.15. The highest BCUT2D eigenvalue weighted by Crippen LogP contribution is 2.10. The molecule has 0 fully saturated rings. The number of amides is 1. The van der Waals surface area contributed by atoms with Gasteiger partial charge in [0.15, 0.2) is 0 Å². The summed E-state index contributed by atoms with van der Waals surface area (Å²) in [5.74, 6) is -0.0173. The van der Waals surface area contributed by atoms with Crippen LogP contribution in [0.2, 0.25) is 5.02 Å². The second-order valence-electron chi connectivity index (χ2n) is 5.09. The molecule has 4 N–H and O–H groups in total. The van der Waals surface area contributed by atoms with Crippen molar-refractivity contribution < 1.29 is 9.90 Å². The van der Waals surface area contributed by atoms with Crippen LogP contribution in [0.1, 0.15) is 22.9 Å². The van der Waals surface area contributed by atoms with Crippen molar-refractivity contribution in [2.75, 3.05) is 6.54 Å². The molecule has 0 aliphatic heterocycles. The molecule has 0 radical (unpaired) electrons. The zero-order valence-corrected chi connectivity index (χ0v) is 12.9. The van der Waals surface area contributed by atoms with Crippen LogP contribution in [-0.4, -0.2) is 17.6 Å². The molecule has 116 valence electrons. The molecule has 0 aliphatic carbocycles. The number of rotatable bonds is 6. The van der Waals surface area contributed by atoms with Gasteiger partial charge in [-0.25, -0.2) is 0 Å². The summed E-state index contributed by atoms with van der Waals surface area (Å²) in [6.07, 6.45) is 0.121. The lowest BCUT2D eigenvalue weighted by molar-refractivity contribution is -0.120. The summed E-state index contributed by atoms with van der Waals surface area (Å²) in [4.78, 5) is 11.8. The molecule has 0 saturated heterocycles. The molecule has 0 spiro atoms.